The molecule has 0 spiro atoms. The molecule has 0 aliphatic heterocycles. The highest BCUT2D eigenvalue weighted by Crippen LogP contribution is 2.30. The Morgan fingerprint density at radius 2 is 1.71 bits per heavy atom. The molecule has 0 aliphatic rings. The van der Waals surface area contributed by atoms with Gasteiger partial charge in [-0.2, -0.15) is 0 Å². The zero-order chi connectivity index (χ0) is 15.6. The summed E-state index contributed by atoms with van der Waals surface area (Å²) >= 11 is 0. The third kappa shape index (κ3) is 3.21. The predicted octanol–water partition coefficient (Wildman–Crippen LogP) is 5.38. The van der Waals surface area contributed by atoms with Crippen molar-refractivity contribution in [3.8, 4) is 11.1 Å². The van der Waals surface area contributed by atoms with Crippen LogP contribution in [0.1, 0.15) is 50.0 Å². The van der Waals surface area contributed by atoms with Gasteiger partial charge in [0.15, 0.2) is 5.78 Å². The fourth-order valence-electron chi connectivity index (χ4n) is 2.37. The van der Waals surface area contributed by atoms with Gasteiger partial charge in [0.05, 0.1) is 0 Å². The highest BCUT2D eigenvalue weighted by Gasteiger charge is 2.18. The quantitative estimate of drug-likeness (QED) is 0.689. The van der Waals surface area contributed by atoms with E-state index < -0.39 is 0 Å². The molecule has 0 saturated carbocycles. The van der Waals surface area contributed by atoms with Crippen LogP contribution in [0.15, 0.2) is 42.5 Å². The van der Waals surface area contributed by atoms with Crippen molar-refractivity contribution in [1.29, 1.82) is 0 Å². The van der Waals surface area contributed by atoms with E-state index in [1.54, 1.807) is 6.07 Å². The summed E-state index contributed by atoms with van der Waals surface area (Å²) in [6.45, 7) is 8.07. The molecule has 110 valence electrons. The first-order valence-electron chi connectivity index (χ1n) is 7.26. The number of ketones is 1. The van der Waals surface area contributed by atoms with Crippen LogP contribution in [0.25, 0.3) is 11.1 Å². The zero-order valence-corrected chi connectivity index (χ0v) is 13.0. The smallest absolute Gasteiger partial charge is 0.160 e. The largest absolute Gasteiger partial charge is 0.294 e. The van der Waals surface area contributed by atoms with Gasteiger partial charge in [-0.3, -0.25) is 4.79 Å². The Hall–Kier alpha value is -1.96. The Kier molecular flexibility index (Phi) is 4.26. The van der Waals surface area contributed by atoms with Gasteiger partial charge in [-0.1, -0.05) is 45.0 Å². The topological polar surface area (TPSA) is 17.1 Å². The minimum atomic E-state index is -0.326. The molecule has 2 heteroatoms. The lowest BCUT2D eigenvalue weighted by Crippen LogP contribution is -2.15. The number of carbonyl (C=O) groups excluding carboxylic acids is 1. The molecular formula is C19H21FO. The van der Waals surface area contributed by atoms with Crippen LogP contribution in [0.5, 0.6) is 0 Å². The molecule has 2 aromatic carbocycles. The Balaban J connectivity index is 2.49. The van der Waals surface area contributed by atoms with Crippen molar-refractivity contribution in [3.63, 3.8) is 0 Å². The molecule has 0 bridgehead atoms. The van der Waals surface area contributed by atoms with Crippen molar-refractivity contribution < 1.29 is 9.18 Å². The van der Waals surface area contributed by atoms with Crippen molar-refractivity contribution in [3.05, 3.63) is 59.4 Å². The second-order valence-corrected chi connectivity index (χ2v) is 6.06. The Bertz CT molecular complexity index is 654. The van der Waals surface area contributed by atoms with E-state index in [4.69, 9.17) is 0 Å². The van der Waals surface area contributed by atoms with Crippen molar-refractivity contribution in [2.75, 3.05) is 0 Å². The van der Waals surface area contributed by atoms with E-state index in [2.05, 4.69) is 32.9 Å². The number of rotatable bonds is 4. The Labute approximate surface area is 125 Å². The second kappa shape index (κ2) is 5.80. The van der Waals surface area contributed by atoms with E-state index in [-0.39, 0.29) is 17.0 Å². The molecule has 1 nitrogen and oxygen atoms in total. The number of benzene rings is 2. The van der Waals surface area contributed by atoms with Gasteiger partial charge in [0.1, 0.15) is 5.82 Å². The van der Waals surface area contributed by atoms with Crippen LogP contribution in [-0.2, 0) is 5.41 Å². The van der Waals surface area contributed by atoms with Crippen LogP contribution in [0.4, 0.5) is 4.39 Å². The van der Waals surface area contributed by atoms with Gasteiger partial charge < -0.3 is 0 Å². The fraction of sp³-hybridized carbons (Fsp3) is 0.316. The molecule has 0 fully saturated rings. The average Bonchev–Trinajstić information content (AvgIpc) is 2.47. The van der Waals surface area contributed by atoms with Crippen molar-refractivity contribution >= 4 is 5.78 Å². The minimum absolute atomic E-state index is 0.0528. The van der Waals surface area contributed by atoms with Crippen LogP contribution < -0.4 is 0 Å². The first-order chi connectivity index (χ1) is 9.85. The lowest BCUT2D eigenvalue weighted by atomic mass is 9.81. The van der Waals surface area contributed by atoms with E-state index in [0.717, 1.165) is 12.0 Å². The van der Waals surface area contributed by atoms with Gasteiger partial charge in [0.2, 0.25) is 0 Å². The van der Waals surface area contributed by atoms with Crippen molar-refractivity contribution in [2.24, 2.45) is 0 Å². The average molecular weight is 284 g/mol. The molecule has 0 aliphatic carbocycles. The molecular weight excluding hydrogens is 263 g/mol. The number of halogens is 1. The van der Waals surface area contributed by atoms with Crippen LogP contribution in [0.2, 0.25) is 0 Å². The molecule has 2 rings (SSSR count). The Morgan fingerprint density at radius 1 is 1.10 bits per heavy atom. The number of hydrogen-bond acceptors (Lipinski definition) is 1. The van der Waals surface area contributed by atoms with E-state index in [9.17, 15) is 9.18 Å². The van der Waals surface area contributed by atoms with Crippen LogP contribution in [0.3, 0.4) is 0 Å². The van der Waals surface area contributed by atoms with Gasteiger partial charge in [-0.05, 0) is 53.6 Å². The predicted molar refractivity (Wildman–Crippen MR) is 85.2 cm³/mol. The molecule has 0 aromatic heterocycles. The first-order valence-corrected chi connectivity index (χ1v) is 7.26. The summed E-state index contributed by atoms with van der Waals surface area (Å²) in [5, 5.41) is 0. The summed E-state index contributed by atoms with van der Waals surface area (Å²) in [7, 11) is 0. The SMILES string of the molecule is CCC(C)(C)c1ccc(-c2cc(F)ccc2C(C)=O)cc1. The lowest BCUT2D eigenvalue weighted by molar-refractivity contribution is 0.101. The van der Waals surface area contributed by atoms with Crippen LogP contribution in [0, 0.1) is 5.82 Å². The molecule has 21 heavy (non-hydrogen) atoms. The van der Waals surface area contributed by atoms with Gasteiger partial charge in [0.25, 0.3) is 0 Å². The standard InChI is InChI=1S/C19H21FO/c1-5-19(3,4)15-8-6-14(7-9-15)18-12-16(20)10-11-17(18)13(2)21/h6-12H,5H2,1-4H3. The molecule has 0 radical (unpaired) electrons. The summed E-state index contributed by atoms with van der Waals surface area (Å²) in [4.78, 5) is 11.7. The van der Waals surface area contributed by atoms with Crippen LogP contribution in [-0.4, -0.2) is 5.78 Å². The fourth-order valence-corrected chi connectivity index (χ4v) is 2.37. The summed E-state index contributed by atoms with van der Waals surface area (Å²) in [6, 6.07) is 12.4. The van der Waals surface area contributed by atoms with Gasteiger partial charge in [0, 0.05) is 5.56 Å². The highest BCUT2D eigenvalue weighted by atomic mass is 19.1. The molecule has 2 aromatic rings. The van der Waals surface area contributed by atoms with E-state index in [0.29, 0.717) is 11.1 Å². The molecule has 0 amide bonds. The zero-order valence-electron chi connectivity index (χ0n) is 13.0. The summed E-state index contributed by atoms with van der Waals surface area (Å²) in [5.74, 6) is -0.379. The van der Waals surface area contributed by atoms with E-state index in [1.165, 1.54) is 24.6 Å². The van der Waals surface area contributed by atoms with E-state index in [1.807, 2.05) is 12.1 Å². The first kappa shape index (κ1) is 15.4. The maximum atomic E-state index is 13.5. The number of Topliss-reactive ketones (excluding diaryl/α,β-unsaturated/α-hetero) is 1. The van der Waals surface area contributed by atoms with Crippen LogP contribution >= 0.6 is 0 Å². The molecule has 0 saturated heterocycles. The van der Waals surface area contributed by atoms with Gasteiger partial charge in [-0.15, -0.1) is 0 Å². The summed E-state index contributed by atoms with van der Waals surface area (Å²) < 4.78 is 13.5. The third-order valence-electron chi connectivity index (χ3n) is 4.22. The van der Waals surface area contributed by atoms with Crippen molar-refractivity contribution in [1.82, 2.24) is 0 Å². The normalized spacial score (nSPS) is 11.5. The van der Waals surface area contributed by atoms with Gasteiger partial charge >= 0.3 is 0 Å². The summed E-state index contributed by atoms with van der Waals surface area (Å²) in [6.07, 6.45) is 1.05. The van der Waals surface area contributed by atoms with Gasteiger partial charge in [-0.25, -0.2) is 4.39 Å². The highest BCUT2D eigenvalue weighted by molar-refractivity contribution is 6.00. The molecule has 0 heterocycles. The molecule has 0 N–H and O–H groups in total. The number of hydrogen-bond donors (Lipinski definition) is 0. The monoisotopic (exact) mass is 284 g/mol. The van der Waals surface area contributed by atoms with Crippen molar-refractivity contribution in [2.45, 2.75) is 39.5 Å². The maximum Gasteiger partial charge on any atom is 0.160 e. The molecule has 0 unspecified atom stereocenters. The Morgan fingerprint density at radius 3 is 2.24 bits per heavy atom. The number of carbonyl (C=O) groups is 1. The third-order valence-corrected chi connectivity index (χ3v) is 4.22. The summed E-state index contributed by atoms with van der Waals surface area (Å²) in [5.41, 5.74) is 3.44. The van der Waals surface area contributed by atoms with E-state index >= 15 is 0 Å². The lowest BCUT2D eigenvalue weighted by Gasteiger charge is -2.23. The maximum absolute atomic E-state index is 13.5. The second-order valence-electron chi connectivity index (χ2n) is 6.06. The minimum Gasteiger partial charge on any atom is -0.294 e. The molecule has 0 atom stereocenters.